The Morgan fingerprint density at radius 2 is 1.84 bits per heavy atom. The monoisotopic (exact) mass is 423 g/mol. The Morgan fingerprint density at radius 1 is 1.20 bits per heavy atom. The molecule has 1 amide bonds. The lowest BCUT2D eigenvalue weighted by Gasteiger charge is -2.12. The number of sulfonamides is 1. The van der Waals surface area contributed by atoms with Gasteiger partial charge in [-0.15, -0.1) is 12.4 Å². The topological polar surface area (TPSA) is 87.3 Å². The van der Waals surface area contributed by atoms with Crippen molar-refractivity contribution in [1.82, 2.24) is 15.4 Å². The molecular weight excluding hydrogens is 406 g/mol. The van der Waals surface area contributed by atoms with Crippen LogP contribution in [-0.2, 0) is 21.0 Å². The number of benzene rings is 1. The molecule has 6 nitrogen and oxygen atoms in total. The first-order valence-corrected chi connectivity index (χ1v) is 8.72. The van der Waals surface area contributed by atoms with Gasteiger partial charge in [0.2, 0.25) is 15.9 Å². The number of likely N-dealkylation sites (N-methyl/N-ethyl adjacent to an activating group) is 1. The van der Waals surface area contributed by atoms with Crippen LogP contribution in [0.25, 0.3) is 0 Å². The second-order valence-corrected chi connectivity index (χ2v) is 6.91. The fraction of sp³-hybridized carbons (Fsp3) is 0.462. The molecule has 0 saturated heterocycles. The van der Waals surface area contributed by atoms with Crippen LogP contribution < -0.4 is 15.4 Å². The number of hydrogen-bond acceptors (Lipinski definition) is 4. The highest BCUT2D eigenvalue weighted by Gasteiger charge is 2.34. The molecule has 0 fully saturated rings. The van der Waals surface area contributed by atoms with Gasteiger partial charge in [-0.1, -0.05) is 11.6 Å². The molecule has 0 heterocycles. The second kappa shape index (κ2) is 10.2. The predicted molar refractivity (Wildman–Crippen MR) is 90.4 cm³/mol. The normalized spacial score (nSPS) is 11.7. The third-order valence-electron chi connectivity index (χ3n) is 2.89. The van der Waals surface area contributed by atoms with Crippen LogP contribution in [0.5, 0.6) is 0 Å². The standard InChI is InChI=1S/C13H17ClF3N3O3S.ClH/c1-18-6-7-19-12(21)4-5-20-24(22,23)9-2-3-11(14)10(8-9)13(15,16)17;/h2-3,8,18,20H,4-7H2,1H3,(H,19,21);1H. The van der Waals surface area contributed by atoms with Gasteiger partial charge in [0.25, 0.3) is 0 Å². The van der Waals surface area contributed by atoms with E-state index in [-0.39, 0.29) is 31.3 Å². The minimum atomic E-state index is -4.77. The maximum Gasteiger partial charge on any atom is 0.417 e. The summed E-state index contributed by atoms with van der Waals surface area (Å²) in [5.41, 5.74) is -1.24. The van der Waals surface area contributed by atoms with Crippen molar-refractivity contribution < 1.29 is 26.4 Å². The summed E-state index contributed by atoms with van der Waals surface area (Å²) in [5.74, 6) is -0.375. The Kier molecular flexibility index (Phi) is 9.73. The van der Waals surface area contributed by atoms with Crippen molar-refractivity contribution in [2.75, 3.05) is 26.7 Å². The summed E-state index contributed by atoms with van der Waals surface area (Å²) in [6.45, 7) is 0.703. The third kappa shape index (κ3) is 7.78. The third-order valence-corrected chi connectivity index (χ3v) is 4.68. The molecule has 0 bridgehead atoms. The van der Waals surface area contributed by atoms with Crippen molar-refractivity contribution in [3.8, 4) is 0 Å². The van der Waals surface area contributed by atoms with Crippen LogP contribution in [0.2, 0.25) is 5.02 Å². The molecule has 0 aliphatic rings. The van der Waals surface area contributed by atoms with E-state index < -0.39 is 31.7 Å². The number of carbonyl (C=O) groups excluding carboxylic acids is 1. The average molecular weight is 424 g/mol. The van der Waals surface area contributed by atoms with Crippen LogP contribution in [0.3, 0.4) is 0 Å². The van der Waals surface area contributed by atoms with E-state index >= 15 is 0 Å². The zero-order valence-electron chi connectivity index (χ0n) is 13.1. The van der Waals surface area contributed by atoms with E-state index in [2.05, 4.69) is 15.4 Å². The van der Waals surface area contributed by atoms with Crippen LogP contribution in [0.1, 0.15) is 12.0 Å². The first-order valence-electron chi connectivity index (χ1n) is 6.85. The predicted octanol–water partition coefficient (Wildman–Crippen LogP) is 1.78. The molecule has 0 aromatic heterocycles. The number of carbonyl (C=O) groups is 1. The number of nitrogens with one attached hydrogen (secondary N) is 3. The molecule has 1 rings (SSSR count). The maximum absolute atomic E-state index is 12.8. The van der Waals surface area contributed by atoms with E-state index in [0.29, 0.717) is 19.2 Å². The Hall–Kier alpha value is -1.07. The van der Waals surface area contributed by atoms with Crippen LogP contribution in [0.15, 0.2) is 23.1 Å². The molecule has 0 atom stereocenters. The van der Waals surface area contributed by atoms with Crippen LogP contribution in [-0.4, -0.2) is 41.0 Å². The first kappa shape index (κ1) is 23.9. The van der Waals surface area contributed by atoms with Crippen LogP contribution in [0.4, 0.5) is 13.2 Å². The fourth-order valence-electron chi connectivity index (χ4n) is 1.69. The summed E-state index contributed by atoms with van der Waals surface area (Å²) in [5, 5.41) is 4.77. The van der Waals surface area contributed by atoms with Gasteiger partial charge in [-0.05, 0) is 25.2 Å². The van der Waals surface area contributed by atoms with Crippen molar-refractivity contribution >= 4 is 39.9 Å². The summed E-state index contributed by atoms with van der Waals surface area (Å²) < 4.78 is 64.4. The van der Waals surface area contributed by atoms with Crippen molar-refractivity contribution in [3.63, 3.8) is 0 Å². The van der Waals surface area contributed by atoms with Crippen molar-refractivity contribution in [3.05, 3.63) is 28.8 Å². The summed E-state index contributed by atoms with van der Waals surface area (Å²) >= 11 is 5.44. The summed E-state index contributed by atoms with van der Waals surface area (Å²) in [6.07, 6.45) is -4.90. The SMILES string of the molecule is CNCCNC(=O)CCNS(=O)(=O)c1ccc(Cl)c(C(F)(F)F)c1.Cl. The molecular formula is C13H18Cl2F3N3O3S. The molecule has 144 valence electrons. The minimum absolute atomic E-state index is 0. The Bertz CT molecular complexity index is 685. The smallest absolute Gasteiger partial charge is 0.355 e. The Balaban J connectivity index is 0.00000576. The van der Waals surface area contributed by atoms with Gasteiger partial charge in [-0.25, -0.2) is 13.1 Å². The minimum Gasteiger partial charge on any atom is -0.355 e. The molecule has 1 aromatic carbocycles. The van der Waals surface area contributed by atoms with E-state index in [0.717, 1.165) is 12.1 Å². The number of rotatable bonds is 8. The van der Waals surface area contributed by atoms with Crippen LogP contribution >= 0.6 is 24.0 Å². The van der Waals surface area contributed by atoms with Gasteiger partial charge in [0.05, 0.1) is 15.5 Å². The lowest BCUT2D eigenvalue weighted by molar-refractivity contribution is -0.137. The molecule has 0 aliphatic carbocycles. The lowest BCUT2D eigenvalue weighted by atomic mass is 10.2. The van der Waals surface area contributed by atoms with E-state index in [9.17, 15) is 26.4 Å². The van der Waals surface area contributed by atoms with Crippen molar-refractivity contribution in [2.45, 2.75) is 17.5 Å². The van der Waals surface area contributed by atoms with Crippen molar-refractivity contribution in [2.24, 2.45) is 0 Å². The molecule has 25 heavy (non-hydrogen) atoms. The summed E-state index contributed by atoms with van der Waals surface area (Å²) in [6, 6.07) is 2.29. The van der Waals surface area contributed by atoms with E-state index in [1.54, 1.807) is 7.05 Å². The Labute approximate surface area is 155 Å². The maximum atomic E-state index is 12.8. The fourth-order valence-corrected chi connectivity index (χ4v) is 2.97. The van der Waals surface area contributed by atoms with Crippen LogP contribution in [0, 0.1) is 0 Å². The van der Waals surface area contributed by atoms with Gasteiger partial charge in [-0.2, -0.15) is 13.2 Å². The Morgan fingerprint density at radius 3 is 2.40 bits per heavy atom. The largest absolute Gasteiger partial charge is 0.417 e. The van der Waals surface area contributed by atoms with E-state index in [1.165, 1.54) is 0 Å². The highest BCUT2D eigenvalue weighted by molar-refractivity contribution is 7.89. The molecule has 0 saturated carbocycles. The van der Waals surface area contributed by atoms with Gasteiger partial charge in [-0.3, -0.25) is 4.79 Å². The van der Waals surface area contributed by atoms with Gasteiger partial charge in [0.1, 0.15) is 0 Å². The molecule has 1 aromatic rings. The van der Waals surface area contributed by atoms with Gasteiger partial charge < -0.3 is 10.6 Å². The zero-order chi connectivity index (χ0) is 18.4. The van der Waals surface area contributed by atoms with Gasteiger partial charge in [0, 0.05) is 26.1 Å². The number of amides is 1. The number of hydrogen-bond donors (Lipinski definition) is 3. The summed E-state index contributed by atoms with van der Waals surface area (Å²) in [7, 11) is -2.47. The highest BCUT2D eigenvalue weighted by Crippen LogP contribution is 2.35. The van der Waals surface area contributed by atoms with E-state index in [1.807, 2.05) is 0 Å². The number of alkyl halides is 3. The van der Waals surface area contributed by atoms with Gasteiger partial charge in [0.15, 0.2) is 0 Å². The van der Waals surface area contributed by atoms with Crippen molar-refractivity contribution in [1.29, 1.82) is 0 Å². The molecule has 0 radical (unpaired) electrons. The number of halogens is 5. The lowest BCUT2D eigenvalue weighted by Crippen LogP contribution is -2.33. The quantitative estimate of drug-likeness (QED) is 0.556. The average Bonchev–Trinajstić information content (AvgIpc) is 2.46. The summed E-state index contributed by atoms with van der Waals surface area (Å²) in [4.78, 5) is 10.9. The first-order chi connectivity index (χ1) is 11.1. The molecule has 12 heteroatoms. The second-order valence-electron chi connectivity index (χ2n) is 4.74. The molecule has 0 spiro atoms. The zero-order valence-corrected chi connectivity index (χ0v) is 15.5. The highest BCUT2D eigenvalue weighted by atomic mass is 35.5. The van der Waals surface area contributed by atoms with Gasteiger partial charge >= 0.3 is 6.18 Å². The molecule has 0 unspecified atom stereocenters. The van der Waals surface area contributed by atoms with E-state index in [4.69, 9.17) is 11.6 Å². The molecule has 3 N–H and O–H groups in total. The molecule has 0 aliphatic heterocycles.